The highest BCUT2D eigenvalue weighted by Gasteiger charge is 2.28. The van der Waals surface area contributed by atoms with Gasteiger partial charge in [-0.05, 0) is 41.8 Å². The van der Waals surface area contributed by atoms with Crippen LogP contribution in [0.2, 0.25) is 5.82 Å². The standard InChI is InChI=1S/C13H15BO/c1-3-9-4-5-10-6-8(2)12(14)13(15)11(10)7-9/h4-5,7-8,12H,3,6H2,1-2H3. The SMILES string of the molecule is [B]C1C(=O)c2cc(CC)ccc2CC1C. The monoisotopic (exact) mass is 198 g/mol. The largest absolute Gasteiger partial charge is 0.295 e. The van der Waals surface area contributed by atoms with Gasteiger partial charge in [0.15, 0.2) is 5.78 Å². The van der Waals surface area contributed by atoms with Crippen molar-refractivity contribution in [3.63, 3.8) is 0 Å². The summed E-state index contributed by atoms with van der Waals surface area (Å²) in [7, 11) is 5.88. The molecule has 0 saturated heterocycles. The molecule has 0 aliphatic heterocycles. The van der Waals surface area contributed by atoms with Crippen molar-refractivity contribution in [3.05, 3.63) is 34.9 Å². The second-order valence-electron chi connectivity index (χ2n) is 4.42. The lowest BCUT2D eigenvalue weighted by Gasteiger charge is -2.27. The van der Waals surface area contributed by atoms with E-state index in [2.05, 4.69) is 19.1 Å². The maximum absolute atomic E-state index is 12.0. The van der Waals surface area contributed by atoms with Crippen LogP contribution in [0.15, 0.2) is 18.2 Å². The number of aryl methyl sites for hydroxylation is 1. The molecule has 0 spiro atoms. The maximum atomic E-state index is 12.0. The predicted molar refractivity (Wildman–Crippen MR) is 62.5 cm³/mol. The van der Waals surface area contributed by atoms with E-state index in [1.54, 1.807) is 0 Å². The average molecular weight is 198 g/mol. The Labute approximate surface area is 92.3 Å². The number of ketones is 1. The molecule has 2 unspecified atom stereocenters. The Kier molecular flexibility index (Phi) is 2.68. The lowest BCUT2D eigenvalue weighted by atomic mass is 9.66. The first-order valence-electron chi connectivity index (χ1n) is 5.55. The highest BCUT2D eigenvalue weighted by Crippen LogP contribution is 2.32. The third-order valence-corrected chi connectivity index (χ3v) is 3.31. The number of hydrogen-bond acceptors (Lipinski definition) is 1. The molecule has 1 aliphatic rings. The molecular weight excluding hydrogens is 183 g/mol. The predicted octanol–water partition coefficient (Wildman–Crippen LogP) is 2.58. The topological polar surface area (TPSA) is 17.1 Å². The lowest BCUT2D eigenvalue weighted by molar-refractivity contribution is 0.0954. The summed E-state index contributed by atoms with van der Waals surface area (Å²) < 4.78 is 0. The number of carbonyl (C=O) groups excluding carboxylic acids is 1. The Hall–Kier alpha value is -1.05. The Morgan fingerprint density at radius 2 is 2.20 bits per heavy atom. The molecule has 2 heteroatoms. The van der Waals surface area contributed by atoms with Gasteiger partial charge < -0.3 is 0 Å². The zero-order valence-electron chi connectivity index (χ0n) is 9.29. The molecule has 0 bridgehead atoms. The van der Waals surface area contributed by atoms with Gasteiger partial charge in [-0.2, -0.15) is 0 Å². The van der Waals surface area contributed by atoms with E-state index in [4.69, 9.17) is 7.85 Å². The summed E-state index contributed by atoms with van der Waals surface area (Å²) >= 11 is 0. The molecule has 2 radical (unpaired) electrons. The fourth-order valence-corrected chi connectivity index (χ4v) is 2.16. The summed E-state index contributed by atoms with van der Waals surface area (Å²) in [5.74, 6) is 0.0566. The molecule has 76 valence electrons. The van der Waals surface area contributed by atoms with Crippen molar-refractivity contribution < 1.29 is 4.79 Å². The van der Waals surface area contributed by atoms with Crippen LogP contribution in [0.25, 0.3) is 0 Å². The molecular formula is C13H15BO. The summed E-state index contributed by atoms with van der Waals surface area (Å²) in [6.07, 6.45) is 1.89. The van der Waals surface area contributed by atoms with E-state index in [9.17, 15) is 4.79 Å². The third kappa shape index (κ3) is 1.73. The van der Waals surface area contributed by atoms with Gasteiger partial charge in [0.1, 0.15) is 0 Å². The van der Waals surface area contributed by atoms with Crippen LogP contribution in [0.3, 0.4) is 0 Å². The van der Waals surface area contributed by atoms with Gasteiger partial charge in [-0.15, -0.1) is 0 Å². The molecule has 2 atom stereocenters. The van der Waals surface area contributed by atoms with Gasteiger partial charge in [0.2, 0.25) is 0 Å². The molecule has 1 aliphatic carbocycles. The van der Waals surface area contributed by atoms with E-state index in [0.717, 1.165) is 24.0 Å². The van der Waals surface area contributed by atoms with Crippen molar-refractivity contribution >= 4 is 13.6 Å². The van der Waals surface area contributed by atoms with Gasteiger partial charge in [-0.1, -0.05) is 26.0 Å². The highest BCUT2D eigenvalue weighted by atomic mass is 16.1. The minimum absolute atomic E-state index is 0.110. The Morgan fingerprint density at radius 1 is 1.47 bits per heavy atom. The van der Waals surface area contributed by atoms with E-state index in [0.29, 0.717) is 0 Å². The first kappa shape index (κ1) is 10.5. The summed E-state index contributed by atoms with van der Waals surface area (Å²) in [5, 5.41) is 0. The third-order valence-electron chi connectivity index (χ3n) is 3.31. The fraction of sp³-hybridized carbons (Fsp3) is 0.462. The highest BCUT2D eigenvalue weighted by molar-refractivity contribution is 6.28. The summed E-state index contributed by atoms with van der Waals surface area (Å²) in [4.78, 5) is 12.0. The minimum atomic E-state index is -0.315. The molecule has 0 aromatic heterocycles. The van der Waals surface area contributed by atoms with Crippen LogP contribution in [0.5, 0.6) is 0 Å². The van der Waals surface area contributed by atoms with E-state index in [-0.39, 0.29) is 17.5 Å². The Morgan fingerprint density at radius 3 is 2.87 bits per heavy atom. The molecule has 1 nitrogen and oxygen atoms in total. The normalized spacial score (nSPS) is 25.1. The van der Waals surface area contributed by atoms with Gasteiger partial charge in [0.25, 0.3) is 0 Å². The van der Waals surface area contributed by atoms with Crippen LogP contribution in [-0.4, -0.2) is 13.6 Å². The quantitative estimate of drug-likeness (QED) is 0.634. The molecule has 0 amide bonds. The van der Waals surface area contributed by atoms with Gasteiger partial charge in [0, 0.05) is 5.56 Å². The number of Topliss-reactive ketones (excluding diaryl/α,β-unsaturated/α-hetero) is 1. The average Bonchev–Trinajstić information content (AvgIpc) is 2.26. The summed E-state index contributed by atoms with van der Waals surface area (Å²) in [6.45, 7) is 4.14. The van der Waals surface area contributed by atoms with Crippen LogP contribution >= 0.6 is 0 Å². The summed E-state index contributed by atoms with van der Waals surface area (Å²) in [5.41, 5.74) is 3.22. The number of fused-ring (bicyclic) bond motifs is 1. The number of carbonyl (C=O) groups is 1. The molecule has 0 heterocycles. The van der Waals surface area contributed by atoms with Crippen molar-refractivity contribution in [2.24, 2.45) is 5.92 Å². The van der Waals surface area contributed by atoms with Crippen molar-refractivity contribution in [3.8, 4) is 0 Å². The van der Waals surface area contributed by atoms with Crippen LogP contribution in [0.1, 0.15) is 35.3 Å². The molecule has 2 rings (SSSR count). The van der Waals surface area contributed by atoms with Crippen LogP contribution in [0.4, 0.5) is 0 Å². The molecule has 0 fully saturated rings. The number of benzene rings is 1. The first-order valence-corrected chi connectivity index (χ1v) is 5.55. The van der Waals surface area contributed by atoms with Crippen molar-refractivity contribution in [1.82, 2.24) is 0 Å². The van der Waals surface area contributed by atoms with Crippen molar-refractivity contribution in [2.45, 2.75) is 32.5 Å². The van der Waals surface area contributed by atoms with Crippen LogP contribution in [0, 0.1) is 5.92 Å². The Balaban J connectivity index is 2.47. The van der Waals surface area contributed by atoms with E-state index < -0.39 is 0 Å². The smallest absolute Gasteiger partial charge is 0.157 e. The summed E-state index contributed by atoms with van der Waals surface area (Å²) in [6, 6.07) is 6.19. The number of hydrogen-bond donors (Lipinski definition) is 0. The lowest BCUT2D eigenvalue weighted by Crippen LogP contribution is -2.25. The van der Waals surface area contributed by atoms with Gasteiger partial charge in [-0.3, -0.25) is 4.79 Å². The maximum Gasteiger partial charge on any atom is 0.157 e. The minimum Gasteiger partial charge on any atom is -0.295 e. The van der Waals surface area contributed by atoms with E-state index in [1.165, 1.54) is 5.56 Å². The van der Waals surface area contributed by atoms with E-state index in [1.807, 2.05) is 13.0 Å². The van der Waals surface area contributed by atoms with Crippen molar-refractivity contribution in [1.29, 1.82) is 0 Å². The van der Waals surface area contributed by atoms with E-state index >= 15 is 0 Å². The molecule has 1 aromatic carbocycles. The van der Waals surface area contributed by atoms with Gasteiger partial charge >= 0.3 is 0 Å². The molecule has 0 N–H and O–H groups in total. The second-order valence-corrected chi connectivity index (χ2v) is 4.42. The fourth-order valence-electron chi connectivity index (χ4n) is 2.16. The van der Waals surface area contributed by atoms with Crippen LogP contribution in [-0.2, 0) is 12.8 Å². The Bertz CT molecular complexity index is 398. The van der Waals surface area contributed by atoms with Gasteiger partial charge in [0.05, 0.1) is 7.85 Å². The number of rotatable bonds is 1. The molecule has 15 heavy (non-hydrogen) atoms. The second kappa shape index (κ2) is 3.84. The molecule has 1 aromatic rings. The van der Waals surface area contributed by atoms with Gasteiger partial charge in [-0.25, -0.2) is 0 Å². The zero-order valence-corrected chi connectivity index (χ0v) is 9.29. The van der Waals surface area contributed by atoms with Crippen LogP contribution < -0.4 is 0 Å². The van der Waals surface area contributed by atoms with Crippen molar-refractivity contribution in [2.75, 3.05) is 0 Å². The first-order chi connectivity index (χ1) is 7.13. The molecule has 0 saturated carbocycles. The zero-order chi connectivity index (χ0) is 11.0.